The fraction of sp³-hybridized carbons (Fsp3) is 0.643. The van der Waals surface area contributed by atoms with Crippen molar-refractivity contribution in [3.63, 3.8) is 0 Å². The molecule has 5 nitrogen and oxygen atoms in total. The summed E-state index contributed by atoms with van der Waals surface area (Å²) < 4.78 is 27.4. The molecule has 1 fully saturated rings. The number of rotatable bonds is 5. The molecule has 1 unspecified atom stereocenters. The van der Waals surface area contributed by atoms with E-state index in [0.29, 0.717) is 11.7 Å². The van der Waals surface area contributed by atoms with Crippen LogP contribution in [0.1, 0.15) is 39.0 Å². The Kier molecular flexibility index (Phi) is 4.99. The van der Waals surface area contributed by atoms with Crippen molar-refractivity contribution >= 4 is 15.8 Å². The van der Waals surface area contributed by atoms with Gasteiger partial charge in [-0.25, -0.2) is 18.1 Å². The van der Waals surface area contributed by atoms with Gasteiger partial charge in [0.25, 0.3) is 0 Å². The molecule has 1 aliphatic carbocycles. The van der Waals surface area contributed by atoms with Crippen molar-refractivity contribution in [2.45, 2.75) is 50.0 Å². The lowest BCUT2D eigenvalue weighted by atomic mass is 9.85. The first-order valence-electron chi connectivity index (χ1n) is 7.19. The van der Waals surface area contributed by atoms with Crippen molar-refractivity contribution in [2.75, 3.05) is 12.4 Å². The van der Waals surface area contributed by atoms with E-state index in [1.54, 1.807) is 19.2 Å². The number of nitrogens with zero attached hydrogens (tertiary/aromatic N) is 1. The van der Waals surface area contributed by atoms with Crippen LogP contribution in [0.2, 0.25) is 0 Å². The van der Waals surface area contributed by atoms with Gasteiger partial charge in [0.15, 0.2) is 0 Å². The fourth-order valence-corrected chi connectivity index (χ4v) is 3.99. The van der Waals surface area contributed by atoms with Crippen LogP contribution in [0.5, 0.6) is 0 Å². The molecule has 0 aliphatic heterocycles. The second kappa shape index (κ2) is 6.54. The van der Waals surface area contributed by atoms with Gasteiger partial charge in [-0.05, 0) is 37.8 Å². The third-order valence-corrected chi connectivity index (χ3v) is 5.54. The molecule has 0 saturated heterocycles. The van der Waals surface area contributed by atoms with Gasteiger partial charge in [-0.2, -0.15) is 0 Å². The Balaban J connectivity index is 2.05. The summed E-state index contributed by atoms with van der Waals surface area (Å²) in [7, 11) is -1.72. The highest BCUT2D eigenvalue weighted by Crippen LogP contribution is 2.27. The minimum Gasteiger partial charge on any atom is -0.373 e. The molecule has 1 saturated carbocycles. The third kappa shape index (κ3) is 3.70. The molecule has 0 amide bonds. The van der Waals surface area contributed by atoms with Crippen LogP contribution in [0.25, 0.3) is 0 Å². The molecular formula is C14H23N3O2S. The minimum atomic E-state index is -3.47. The van der Waals surface area contributed by atoms with E-state index in [4.69, 9.17) is 0 Å². The zero-order valence-electron chi connectivity index (χ0n) is 12.1. The first kappa shape index (κ1) is 15.3. The Labute approximate surface area is 121 Å². The van der Waals surface area contributed by atoms with Crippen molar-refractivity contribution in [1.82, 2.24) is 9.71 Å². The molecule has 1 atom stereocenters. The fourth-order valence-electron chi connectivity index (χ4n) is 2.73. The lowest BCUT2D eigenvalue weighted by Gasteiger charge is -2.28. The molecule has 20 heavy (non-hydrogen) atoms. The summed E-state index contributed by atoms with van der Waals surface area (Å²) in [5, 5.41) is 2.87. The number of aromatic nitrogens is 1. The van der Waals surface area contributed by atoms with E-state index in [9.17, 15) is 8.42 Å². The topological polar surface area (TPSA) is 71.1 Å². The monoisotopic (exact) mass is 297 g/mol. The second-order valence-electron chi connectivity index (χ2n) is 5.44. The summed E-state index contributed by atoms with van der Waals surface area (Å²) >= 11 is 0. The third-order valence-electron chi connectivity index (χ3n) is 4.00. The number of hydrogen-bond donors (Lipinski definition) is 2. The van der Waals surface area contributed by atoms with Crippen LogP contribution in [0.3, 0.4) is 0 Å². The smallest absolute Gasteiger partial charge is 0.242 e. The molecular weight excluding hydrogens is 274 g/mol. The molecule has 2 N–H and O–H groups in total. The number of sulfonamides is 1. The number of pyridine rings is 1. The minimum absolute atomic E-state index is 0.0238. The molecule has 2 rings (SSSR count). The van der Waals surface area contributed by atoms with Crippen LogP contribution < -0.4 is 10.0 Å². The van der Waals surface area contributed by atoms with E-state index in [-0.39, 0.29) is 10.9 Å². The molecule has 1 heterocycles. The normalized spacial score (nSPS) is 18.7. The van der Waals surface area contributed by atoms with Crippen LogP contribution in [0.4, 0.5) is 5.82 Å². The lowest BCUT2D eigenvalue weighted by molar-refractivity contribution is 0.303. The maximum Gasteiger partial charge on any atom is 0.242 e. The van der Waals surface area contributed by atoms with Gasteiger partial charge in [-0.1, -0.05) is 19.3 Å². The number of hydrogen-bond acceptors (Lipinski definition) is 4. The quantitative estimate of drug-likeness (QED) is 0.875. The van der Waals surface area contributed by atoms with E-state index in [0.717, 1.165) is 12.8 Å². The van der Waals surface area contributed by atoms with Gasteiger partial charge in [0.2, 0.25) is 10.0 Å². The van der Waals surface area contributed by atoms with Gasteiger partial charge < -0.3 is 5.32 Å². The van der Waals surface area contributed by atoms with E-state index in [2.05, 4.69) is 15.0 Å². The van der Waals surface area contributed by atoms with Gasteiger partial charge in [-0.15, -0.1) is 0 Å². The molecule has 0 radical (unpaired) electrons. The lowest BCUT2D eigenvalue weighted by Crippen LogP contribution is -2.38. The van der Waals surface area contributed by atoms with Crippen molar-refractivity contribution in [2.24, 2.45) is 5.92 Å². The highest BCUT2D eigenvalue weighted by Gasteiger charge is 2.25. The van der Waals surface area contributed by atoms with Gasteiger partial charge >= 0.3 is 0 Å². The molecule has 1 aromatic heterocycles. The molecule has 112 valence electrons. The Bertz CT molecular complexity index is 522. The largest absolute Gasteiger partial charge is 0.373 e. The van der Waals surface area contributed by atoms with Crippen LogP contribution in [0, 0.1) is 5.92 Å². The zero-order chi connectivity index (χ0) is 14.6. The SMILES string of the molecule is CNc1ccc(S(=O)(=O)NC(C)C2CCCCC2)cn1. The second-order valence-corrected chi connectivity index (χ2v) is 7.15. The van der Waals surface area contributed by atoms with Gasteiger partial charge in [0.05, 0.1) is 0 Å². The average Bonchev–Trinajstić information content (AvgIpc) is 2.48. The van der Waals surface area contributed by atoms with Crippen molar-refractivity contribution in [3.8, 4) is 0 Å². The highest BCUT2D eigenvalue weighted by molar-refractivity contribution is 7.89. The zero-order valence-corrected chi connectivity index (χ0v) is 12.9. The van der Waals surface area contributed by atoms with Crippen LogP contribution in [-0.4, -0.2) is 26.5 Å². The first-order chi connectivity index (χ1) is 9.53. The van der Waals surface area contributed by atoms with E-state index in [1.807, 2.05) is 6.92 Å². The van der Waals surface area contributed by atoms with E-state index < -0.39 is 10.0 Å². The summed E-state index contributed by atoms with van der Waals surface area (Å²) in [4.78, 5) is 4.27. The Hall–Kier alpha value is -1.14. The summed E-state index contributed by atoms with van der Waals surface area (Å²) in [6.07, 6.45) is 7.29. The summed E-state index contributed by atoms with van der Waals surface area (Å²) in [5.41, 5.74) is 0. The van der Waals surface area contributed by atoms with Crippen LogP contribution in [0.15, 0.2) is 23.2 Å². The Morgan fingerprint density at radius 3 is 2.50 bits per heavy atom. The van der Waals surface area contributed by atoms with Gasteiger partial charge in [0.1, 0.15) is 10.7 Å². The van der Waals surface area contributed by atoms with Gasteiger partial charge in [0, 0.05) is 19.3 Å². The highest BCUT2D eigenvalue weighted by atomic mass is 32.2. The standard InChI is InChI=1S/C14H23N3O2S/c1-11(12-6-4-3-5-7-12)17-20(18,19)13-8-9-14(15-2)16-10-13/h8-12,17H,3-7H2,1-2H3,(H,15,16). The Morgan fingerprint density at radius 2 is 1.95 bits per heavy atom. The average molecular weight is 297 g/mol. The molecule has 1 aliphatic rings. The van der Waals surface area contributed by atoms with E-state index in [1.165, 1.54) is 25.5 Å². The van der Waals surface area contributed by atoms with Crippen molar-refractivity contribution in [3.05, 3.63) is 18.3 Å². The predicted octanol–water partition coefficient (Wildman–Crippen LogP) is 2.37. The maximum absolute atomic E-state index is 12.3. The number of nitrogens with one attached hydrogen (secondary N) is 2. The summed E-state index contributed by atoms with van der Waals surface area (Å²) in [6, 6.07) is 3.22. The predicted molar refractivity (Wildman–Crippen MR) is 80.1 cm³/mol. The molecule has 0 aromatic carbocycles. The summed E-state index contributed by atoms with van der Waals surface area (Å²) in [6.45, 7) is 1.96. The van der Waals surface area contributed by atoms with Crippen molar-refractivity contribution in [1.29, 1.82) is 0 Å². The Morgan fingerprint density at radius 1 is 1.25 bits per heavy atom. The van der Waals surface area contributed by atoms with E-state index >= 15 is 0 Å². The number of anilines is 1. The van der Waals surface area contributed by atoms with Gasteiger partial charge in [-0.3, -0.25) is 0 Å². The maximum atomic E-state index is 12.3. The van der Waals surface area contributed by atoms with Crippen LogP contribution in [-0.2, 0) is 10.0 Å². The van der Waals surface area contributed by atoms with Crippen LogP contribution >= 0.6 is 0 Å². The summed E-state index contributed by atoms with van der Waals surface area (Å²) in [5.74, 6) is 1.10. The first-order valence-corrected chi connectivity index (χ1v) is 8.67. The molecule has 0 bridgehead atoms. The molecule has 1 aromatic rings. The van der Waals surface area contributed by atoms with Crippen molar-refractivity contribution < 1.29 is 8.42 Å². The molecule has 0 spiro atoms. The molecule has 6 heteroatoms.